The molecule has 3 rings (SSSR count). The molecule has 0 radical (unpaired) electrons. The van der Waals surface area contributed by atoms with E-state index in [1.54, 1.807) is 48.5 Å². The molecule has 1 N–H and O–H groups in total. The van der Waals surface area contributed by atoms with Gasteiger partial charge in [0.15, 0.2) is 0 Å². The second-order valence-electron chi connectivity index (χ2n) is 6.73. The molecule has 156 valence electrons. The summed E-state index contributed by atoms with van der Waals surface area (Å²) < 4.78 is 28.4. The molecule has 30 heavy (non-hydrogen) atoms. The molecule has 0 atom stereocenters. The van der Waals surface area contributed by atoms with Gasteiger partial charge in [-0.2, -0.15) is 4.31 Å². The lowest BCUT2D eigenvalue weighted by molar-refractivity contribution is -0.116. The number of hydrogen-bond acceptors (Lipinski definition) is 3. The minimum Gasteiger partial charge on any atom is -0.325 e. The molecule has 0 saturated heterocycles. The highest BCUT2D eigenvalue weighted by Crippen LogP contribution is 2.24. The molecule has 0 bridgehead atoms. The van der Waals surface area contributed by atoms with Gasteiger partial charge in [0, 0.05) is 21.7 Å². The zero-order chi connectivity index (χ0) is 21.7. The molecule has 0 aliphatic heterocycles. The lowest BCUT2D eigenvalue weighted by Gasteiger charge is -2.22. The summed E-state index contributed by atoms with van der Waals surface area (Å²) in [6.45, 7) is 1.57. The minimum absolute atomic E-state index is 0.0284. The summed E-state index contributed by atoms with van der Waals surface area (Å²) in [4.78, 5) is 12.8. The SMILES string of the molecule is Cc1ccc(NC(=O)CN(Cc2ccccc2Cl)S(=O)(=O)c2ccc(Br)cc2)cc1. The summed E-state index contributed by atoms with van der Waals surface area (Å²) in [5.41, 5.74) is 2.28. The standard InChI is InChI=1S/C22H20BrClN2O3S/c1-16-6-10-19(11-7-16)25-22(27)15-26(14-17-4-2-3-5-21(17)24)30(28,29)20-12-8-18(23)9-13-20/h2-13H,14-15H2,1H3,(H,25,27). The quantitative estimate of drug-likeness (QED) is 0.475. The Morgan fingerprint density at radius 3 is 2.27 bits per heavy atom. The van der Waals surface area contributed by atoms with E-state index in [-0.39, 0.29) is 18.0 Å². The van der Waals surface area contributed by atoms with E-state index in [9.17, 15) is 13.2 Å². The van der Waals surface area contributed by atoms with Crippen LogP contribution >= 0.6 is 27.5 Å². The van der Waals surface area contributed by atoms with Gasteiger partial charge < -0.3 is 5.32 Å². The number of aryl methyl sites for hydroxylation is 1. The second-order valence-corrected chi connectivity index (χ2v) is 9.99. The monoisotopic (exact) mass is 506 g/mol. The van der Waals surface area contributed by atoms with Crippen molar-refractivity contribution in [2.24, 2.45) is 0 Å². The Morgan fingerprint density at radius 2 is 1.63 bits per heavy atom. The van der Waals surface area contributed by atoms with Crippen LogP contribution in [0.25, 0.3) is 0 Å². The Balaban J connectivity index is 1.88. The molecular formula is C22H20BrClN2O3S. The number of benzene rings is 3. The lowest BCUT2D eigenvalue weighted by atomic mass is 10.2. The fourth-order valence-corrected chi connectivity index (χ4v) is 4.63. The van der Waals surface area contributed by atoms with Crippen LogP contribution in [-0.2, 0) is 21.4 Å². The average Bonchev–Trinajstić information content (AvgIpc) is 2.71. The van der Waals surface area contributed by atoms with Crippen LogP contribution in [0.15, 0.2) is 82.2 Å². The van der Waals surface area contributed by atoms with Crippen molar-refractivity contribution in [3.63, 3.8) is 0 Å². The Bertz CT molecular complexity index is 1130. The number of anilines is 1. The molecule has 0 heterocycles. The maximum absolute atomic E-state index is 13.3. The first kappa shape index (κ1) is 22.5. The van der Waals surface area contributed by atoms with Crippen LogP contribution in [0.3, 0.4) is 0 Å². The Labute approximate surface area is 189 Å². The fraction of sp³-hybridized carbons (Fsp3) is 0.136. The third kappa shape index (κ3) is 5.70. The molecular weight excluding hydrogens is 488 g/mol. The number of rotatable bonds is 7. The number of carbonyl (C=O) groups is 1. The van der Waals surface area contributed by atoms with E-state index in [0.717, 1.165) is 14.3 Å². The normalized spacial score (nSPS) is 11.5. The van der Waals surface area contributed by atoms with E-state index >= 15 is 0 Å². The van der Waals surface area contributed by atoms with Gasteiger partial charge in [-0.1, -0.05) is 63.4 Å². The Morgan fingerprint density at radius 1 is 1.00 bits per heavy atom. The molecule has 0 spiro atoms. The van der Waals surface area contributed by atoms with E-state index in [4.69, 9.17) is 11.6 Å². The van der Waals surface area contributed by atoms with Gasteiger partial charge in [-0.05, 0) is 55.0 Å². The first-order chi connectivity index (χ1) is 14.3. The zero-order valence-electron chi connectivity index (χ0n) is 16.2. The predicted octanol–water partition coefficient (Wildman–Crippen LogP) is 5.24. The maximum atomic E-state index is 13.3. The highest BCUT2D eigenvalue weighted by atomic mass is 79.9. The van der Waals surface area contributed by atoms with Crippen LogP contribution in [-0.4, -0.2) is 25.2 Å². The number of hydrogen-bond donors (Lipinski definition) is 1. The summed E-state index contributed by atoms with van der Waals surface area (Å²) in [6.07, 6.45) is 0. The average molecular weight is 508 g/mol. The number of nitrogens with one attached hydrogen (secondary N) is 1. The molecule has 0 aromatic heterocycles. The summed E-state index contributed by atoms with van der Waals surface area (Å²) in [5.74, 6) is -0.438. The van der Waals surface area contributed by atoms with Gasteiger partial charge in [0.1, 0.15) is 0 Å². The second kappa shape index (κ2) is 9.75. The van der Waals surface area contributed by atoms with Gasteiger partial charge in [-0.25, -0.2) is 8.42 Å². The molecule has 0 fully saturated rings. The molecule has 0 aliphatic rings. The predicted molar refractivity (Wildman–Crippen MR) is 123 cm³/mol. The van der Waals surface area contributed by atoms with Crippen LogP contribution in [0, 0.1) is 6.92 Å². The number of carbonyl (C=O) groups excluding carboxylic acids is 1. The van der Waals surface area contributed by atoms with E-state index in [1.807, 2.05) is 19.1 Å². The highest BCUT2D eigenvalue weighted by molar-refractivity contribution is 9.10. The van der Waals surface area contributed by atoms with E-state index < -0.39 is 15.9 Å². The van der Waals surface area contributed by atoms with Crippen LogP contribution < -0.4 is 5.32 Å². The molecule has 5 nitrogen and oxygen atoms in total. The van der Waals surface area contributed by atoms with E-state index in [1.165, 1.54) is 12.1 Å². The molecule has 0 saturated carbocycles. The van der Waals surface area contributed by atoms with Crippen molar-refractivity contribution in [1.29, 1.82) is 0 Å². The summed E-state index contributed by atoms with van der Waals surface area (Å²) in [6, 6.07) is 20.5. The van der Waals surface area contributed by atoms with Crippen LogP contribution in [0.2, 0.25) is 5.02 Å². The van der Waals surface area contributed by atoms with E-state index in [0.29, 0.717) is 16.3 Å². The van der Waals surface area contributed by atoms with Gasteiger partial charge >= 0.3 is 0 Å². The van der Waals surface area contributed by atoms with Gasteiger partial charge in [0.2, 0.25) is 15.9 Å². The number of nitrogens with zero attached hydrogens (tertiary/aromatic N) is 1. The smallest absolute Gasteiger partial charge is 0.243 e. The fourth-order valence-electron chi connectivity index (χ4n) is 2.80. The topological polar surface area (TPSA) is 66.5 Å². The van der Waals surface area contributed by atoms with Crippen LogP contribution in [0.5, 0.6) is 0 Å². The molecule has 3 aromatic rings. The van der Waals surface area contributed by atoms with Gasteiger partial charge in [0.25, 0.3) is 0 Å². The Kier molecular flexibility index (Phi) is 7.31. The largest absolute Gasteiger partial charge is 0.325 e. The maximum Gasteiger partial charge on any atom is 0.243 e. The molecule has 0 aliphatic carbocycles. The van der Waals surface area contributed by atoms with Crippen molar-refractivity contribution >= 4 is 49.1 Å². The summed E-state index contributed by atoms with van der Waals surface area (Å²) in [5, 5.41) is 3.18. The number of sulfonamides is 1. The Hall–Kier alpha value is -2.19. The third-order valence-electron chi connectivity index (χ3n) is 4.41. The first-order valence-electron chi connectivity index (χ1n) is 9.11. The van der Waals surface area contributed by atoms with Crippen molar-refractivity contribution in [2.45, 2.75) is 18.4 Å². The summed E-state index contributed by atoms with van der Waals surface area (Å²) >= 11 is 9.54. The van der Waals surface area contributed by atoms with Crippen molar-refractivity contribution < 1.29 is 13.2 Å². The van der Waals surface area contributed by atoms with Gasteiger partial charge in [-0.15, -0.1) is 0 Å². The van der Waals surface area contributed by atoms with Crippen LogP contribution in [0.1, 0.15) is 11.1 Å². The van der Waals surface area contributed by atoms with Crippen molar-refractivity contribution in [3.05, 3.63) is 93.4 Å². The van der Waals surface area contributed by atoms with Crippen molar-refractivity contribution in [3.8, 4) is 0 Å². The number of halogens is 2. The zero-order valence-corrected chi connectivity index (χ0v) is 19.3. The van der Waals surface area contributed by atoms with Gasteiger partial charge in [-0.3, -0.25) is 4.79 Å². The van der Waals surface area contributed by atoms with Crippen LogP contribution in [0.4, 0.5) is 5.69 Å². The lowest BCUT2D eigenvalue weighted by Crippen LogP contribution is -2.37. The van der Waals surface area contributed by atoms with E-state index in [2.05, 4.69) is 21.2 Å². The van der Waals surface area contributed by atoms with Gasteiger partial charge in [0.05, 0.1) is 11.4 Å². The van der Waals surface area contributed by atoms with Crippen molar-refractivity contribution in [2.75, 3.05) is 11.9 Å². The third-order valence-corrected chi connectivity index (χ3v) is 7.11. The molecule has 8 heteroatoms. The number of amides is 1. The first-order valence-corrected chi connectivity index (χ1v) is 11.7. The summed E-state index contributed by atoms with van der Waals surface area (Å²) in [7, 11) is -3.93. The molecule has 0 unspecified atom stereocenters. The van der Waals surface area contributed by atoms with Crippen molar-refractivity contribution in [1.82, 2.24) is 4.31 Å². The highest BCUT2D eigenvalue weighted by Gasteiger charge is 2.27. The molecule has 3 aromatic carbocycles. The molecule has 1 amide bonds. The minimum atomic E-state index is -3.93.